The van der Waals surface area contributed by atoms with E-state index in [-0.39, 0.29) is 18.0 Å². The number of benzene rings is 1. The Morgan fingerprint density at radius 3 is 2.52 bits per heavy atom. The maximum absolute atomic E-state index is 12.8. The van der Waals surface area contributed by atoms with Gasteiger partial charge in [-0.2, -0.15) is 0 Å². The molecule has 25 heavy (non-hydrogen) atoms. The predicted octanol–water partition coefficient (Wildman–Crippen LogP) is 2.52. The minimum absolute atomic E-state index is 0.0123. The molecule has 1 aromatic carbocycles. The van der Waals surface area contributed by atoms with E-state index in [2.05, 4.69) is 43.2 Å². The topological polar surface area (TPSA) is 55.8 Å². The van der Waals surface area contributed by atoms with Crippen molar-refractivity contribution in [3.05, 3.63) is 35.9 Å². The highest BCUT2D eigenvalue weighted by Crippen LogP contribution is 2.21. The van der Waals surface area contributed by atoms with Gasteiger partial charge in [-0.15, -0.1) is 0 Å². The number of amides is 2. The third-order valence-corrected chi connectivity index (χ3v) is 5.05. The highest BCUT2D eigenvalue weighted by atomic mass is 16.3. The lowest BCUT2D eigenvalue weighted by molar-refractivity contribution is 0.0850. The number of piperazine rings is 1. The van der Waals surface area contributed by atoms with E-state index in [4.69, 9.17) is 0 Å². The third kappa shape index (κ3) is 5.72. The summed E-state index contributed by atoms with van der Waals surface area (Å²) >= 11 is 0. The minimum atomic E-state index is -0.394. The Hall–Kier alpha value is -1.59. The van der Waals surface area contributed by atoms with Crippen LogP contribution in [0.2, 0.25) is 0 Å². The van der Waals surface area contributed by atoms with Crippen LogP contribution in [0.25, 0.3) is 0 Å². The molecule has 1 aromatic rings. The van der Waals surface area contributed by atoms with Gasteiger partial charge in [0.15, 0.2) is 0 Å². The molecule has 0 spiro atoms. The second-order valence-electron chi connectivity index (χ2n) is 7.65. The second-order valence-corrected chi connectivity index (χ2v) is 7.65. The number of hydrogen-bond donors (Lipinski definition) is 2. The van der Waals surface area contributed by atoms with E-state index in [9.17, 15) is 9.90 Å². The number of carbonyl (C=O) groups is 1. The maximum Gasteiger partial charge on any atom is 0.317 e. The Kier molecular flexibility index (Phi) is 7.26. The number of rotatable bonds is 6. The highest BCUT2D eigenvalue weighted by molar-refractivity contribution is 5.74. The van der Waals surface area contributed by atoms with Crippen molar-refractivity contribution in [2.45, 2.75) is 45.3 Å². The van der Waals surface area contributed by atoms with Crippen LogP contribution in [-0.4, -0.2) is 66.3 Å². The van der Waals surface area contributed by atoms with Crippen molar-refractivity contribution in [3.8, 4) is 0 Å². The predicted molar refractivity (Wildman–Crippen MR) is 102 cm³/mol. The minimum Gasteiger partial charge on any atom is -0.393 e. The summed E-state index contributed by atoms with van der Waals surface area (Å²) in [6.07, 6.45) is 0.245. The monoisotopic (exact) mass is 347 g/mol. The molecule has 0 aliphatic carbocycles. The molecule has 2 N–H and O–H groups in total. The summed E-state index contributed by atoms with van der Waals surface area (Å²) in [7, 11) is 2.11. The first kappa shape index (κ1) is 19.7. The number of hydrogen-bond acceptors (Lipinski definition) is 3. The SMILES string of the molecule is CC(O)CC(CNC(=O)N1CCN(C)CC1C(C)C)c1ccccc1. The van der Waals surface area contributed by atoms with Crippen LogP contribution >= 0.6 is 0 Å². The number of nitrogens with zero attached hydrogens (tertiary/aromatic N) is 2. The molecule has 1 saturated heterocycles. The van der Waals surface area contributed by atoms with Crippen LogP contribution in [-0.2, 0) is 0 Å². The largest absolute Gasteiger partial charge is 0.393 e. The second kappa shape index (κ2) is 9.20. The van der Waals surface area contributed by atoms with Gasteiger partial charge in [0.2, 0.25) is 0 Å². The summed E-state index contributed by atoms with van der Waals surface area (Å²) < 4.78 is 0. The Bertz CT molecular complexity index is 533. The summed E-state index contributed by atoms with van der Waals surface area (Å²) in [4.78, 5) is 17.0. The smallest absolute Gasteiger partial charge is 0.317 e. The molecule has 5 heteroatoms. The molecule has 0 bridgehead atoms. The van der Waals surface area contributed by atoms with Crippen LogP contribution < -0.4 is 5.32 Å². The van der Waals surface area contributed by atoms with Gasteiger partial charge in [0, 0.05) is 38.1 Å². The average molecular weight is 348 g/mol. The molecule has 0 radical (unpaired) electrons. The van der Waals surface area contributed by atoms with E-state index < -0.39 is 6.10 Å². The zero-order valence-corrected chi connectivity index (χ0v) is 16.0. The molecule has 1 aliphatic heterocycles. The molecule has 0 aromatic heterocycles. The van der Waals surface area contributed by atoms with Gasteiger partial charge in [-0.1, -0.05) is 44.2 Å². The van der Waals surface area contributed by atoms with Crippen LogP contribution in [0.4, 0.5) is 4.79 Å². The fraction of sp³-hybridized carbons (Fsp3) is 0.650. The van der Waals surface area contributed by atoms with E-state index in [0.29, 0.717) is 18.9 Å². The van der Waals surface area contributed by atoms with Crippen LogP contribution in [0.5, 0.6) is 0 Å². The standard InChI is InChI=1S/C20H33N3O2/c1-15(2)19-14-22(4)10-11-23(19)20(25)21-13-18(12-16(3)24)17-8-6-5-7-9-17/h5-9,15-16,18-19,24H,10-14H2,1-4H3,(H,21,25). The first-order valence-corrected chi connectivity index (χ1v) is 9.34. The lowest BCUT2D eigenvalue weighted by atomic mass is 9.93. The van der Waals surface area contributed by atoms with Gasteiger partial charge in [-0.05, 0) is 31.9 Å². The molecule has 3 atom stereocenters. The van der Waals surface area contributed by atoms with E-state index in [1.165, 1.54) is 0 Å². The zero-order chi connectivity index (χ0) is 18.4. The number of aliphatic hydroxyl groups is 1. The summed E-state index contributed by atoms with van der Waals surface area (Å²) in [5.41, 5.74) is 1.16. The molecule has 1 aliphatic rings. The van der Waals surface area contributed by atoms with Crippen LogP contribution in [0.1, 0.15) is 38.7 Å². The fourth-order valence-electron chi connectivity index (χ4n) is 3.56. The van der Waals surface area contributed by atoms with Crippen LogP contribution in [0.15, 0.2) is 30.3 Å². The van der Waals surface area contributed by atoms with E-state index >= 15 is 0 Å². The number of carbonyl (C=O) groups excluding carboxylic acids is 1. The van der Waals surface area contributed by atoms with Crippen LogP contribution in [0, 0.1) is 5.92 Å². The Labute approximate surface area is 152 Å². The normalized spacial score (nSPS) is 21.2. The Balaban J connectivity index is 2.00. The molecule has 3 unspecified atom stereocenters. The molecule has 140 valence electrons. The fourth-order valence-corrected chi connectivity index (χ4v) is 3.56. The molecule has 1 heterocycles. The van der Waals surface area contributed by atoms with Gasteiger partial charge in [-0.3, -0.25) is 0 Å². The van der Waals surface area contributed by atoms with Crippen molar-refractivity contribution in [1.82, 2.24) is 15.1 Å². The maximum atomic E-state index is 12.8. The third-order valence-electron chi connectivity index (χ3n) is 5.05. The van der Waals surface area contributed by atoms with Crippen LogP contribution in [0.3, 0.4) is 0 Å². The summed E-state index contributed by atoms with van der Waals surface area (Å²) in [6.45, 7) is 9.28. The molecule has 2 amide bonds. The van der Waals surface area contributed by atoms with Crippen molar-refractivity contribution in [3.63, 3.8) is 0 Å². The Morgan fingerprint density at radius 1 is 1.24 bits per heavy atom. The van der Waals surface area contributed by atoms with Crippen molar-refractivity contribution >= 4 is 6.03 Å². The Morgan fingerprint density at radius 2 is 1.92 bits per heavy atom. The highest BCUT2D eigenvalue weighted by Gasteiger charge is 2.31. The van der Waals surface area contributed by atoms with Gasteiger partial charge >= 0.3 is 6.03 Å². The number of aliphatic hydroxyl groups excluding tert-OH is 1. The van der Waals surface area contributed by atoms with Crippen molar-refractivity contribution in [2.24, 2.45) is 5.92 Å². The molecule has 0 saturated carbocycles. The first-order chi connectivity index (χ1) is 11.9. The molecule has 5 nitrogen and oxygen atoms in total. The van der Waals surface area contributed by atoms with Crippen molar-refractivity contribution in [1.29, 1.82) is 0 Å². The number of nitrogens with one attached hydrogen (secondary N) is 1. The summed E-state index contributed by atoms with van der Waals surface area (Å²) in [5, 5.41) is 12.9. The lowest BCUT2D eigenvalue weighted by Crippen LogP contribution is -2.58. The number of likely N-dealkylation sites (N-methyl/N-ethyl adjacent to an activating group) is 1. The van der Waals surface area contributed by atoms with E-state index in [0.717, 1.165) is 25.2 Å². The molecular weight excluding hydrogens is 314 g/mol. The summed E-state index contributed by atoms with van der Waals surface area (Å²) in [6, 6.07) is 10.4. The van der Waals surface area contributed by atoms with Gasteiger partial charge in [0.1, 0.15) is 0 Å². The zero-order valence-electron chi connectivity index (χ0n) is 16.0. The van der Waals surface area contributed by atoms with Gasteiger partial charge in [0.25, 0.3) is 0 Å². The van der Waals surface area contributed by atoms with Crippen molar-refractivity contribution in [2.75, 3.05) is 33.2 Å². The van der Waals surface area contributed by atoms with Gasteiger partial charge < -0.3 is 20.2 Å². The van der Waals surface area contributed by atoms with Crippen molar-refractivity contribution < 1.29 is 9.90 Å². The summed E-state index contributed by atoms with van der Waals surface area (Å²) in [5.74, 6) is 0.547. The van der Waals surface area contributed by atoms with E-state index in [1.807, 2.05) is 23.1 Å². The van der Waals surface area contributed by atoms with Gasteiger partial charge in [-0.25, -0.2) is 4.79 Å². The quantitative estimate of drug-likeness (QED) is 0.831. The lowest BCUT2D eigenvalue weighted by Gasteiger charge is -2.42. The molecule has 2 rings (SSSR count). The number of urea groups is 1. The van der Waals surface area contributed by atoms with Gasteiger partial charge in [0.05, 0.1) is 6.10 Å². The van der Waals surface area contributed by atoms with E-state index in [1.54, 1.807) is 6.92 Å². The average Bonchev–Trinajstić information content (AvgIpc) is 2.58. The molecular formula is C20H33N3O2. The first-order valence-electron chi connectivity index (χ1n) is 9.34. The molecule has 1 fully saturated rings.